The number of nitrogens with zero attached hydrogens (tertiary/aromatic N) is 2. The Balaban J connectivity index is 2.02. The van der Waals surface area contributed by atoms with Crippen LogP contribution in [-0.4, -0.2) is 15.7 Å². The van der Waals surface area contributed by atoms with Crippen molar-refractivity contribution in [1.82, 2.24) is 15.1 Å². The molecule has 1 aromatic carbocycles. The summed E-state index contributed by atoms with van der Waals surface area (Å²) in [7, 11) is 0. The maximum absolute atomic E-state index is 13.5. The smallest absolute Gasteiger partial charge is 0.254 e. The van der Waals surface area contributed by atoms with Crippen molar-refractivity contribution >= 4 is 5.91 Å². The molecule has 0 unspecified atom stereocenters. The standard InChI is InChI=1S/C16H19F2N3O/c1-3-4-8-21-10-12(11(2)20-21)9-19-16(22)13-6-5-7-14(17)15(13)18/h5-7,10H,3-4,8-9H2,1-2H3,(H,19,22). The van der Waals surface area contributed by atoms with Crippen LogP contribution in [0.1, 0.15) is 41.4 Å². The zero-order chi connectivity index (χ0) is 16.1. The molecule has 0 aliphatic heterocycles. The molecule has 0 aliphatic carbocycles. The number of amides is 1. The van der Waals surface area contributed by atoms with Gasteiger partial charge in [0.1, 0.15) is 0 Å². The van der Waals surface area contributed by atoms with Crippen molar-refractivity contribution in [2.45, 2.75) is 39.8 Å². The van der Waals surface area contributed by atoms with Gasteiger partial charge in [0.2, 0.25) is 0 Å². The molecule has 0 saturated heterocycles. The summed E-state index contributed by atoms with van der Waals surface area (Å²) < 4.78 is 28.5. The second-order valence-corrected chi connectivity index (χ2v) is 5.14. The number of halogens is 2. The summed E-state index contributed by atoms with van der Waals surface area (Å²) >= 11 is 0. The molecule has 1 aromatic heterocycles. The molecule has 22 heavy (non-hydrogen) atoms. The van der Waals surface area contributed by atoms with Gasteiger partial charge in [-0.05, 0) is 25.5 Å². The number of aryl methyl sites for hydroxylation is 2. The van der Waals surface area contributed by atoms with Gasteiger partial charge >= 0.3 is 0 Å². The van der Waals surface area contributed by atoms with E-state index in [4.69, 9.17) is 0 Å². The summed E-state index contributed by atoms with van der Waals surface area (Å²) in [5.74, 6) is -2.80. The van der Waals surface area contributed by atoms with Crippen LogP contribution in [0.2, 0.25) is 0 Å². The fourth-order valence-corrected chi connectivity index (χ4v) is 2.12. The summed E-state index contributed by atoms with van der Waals surface area (Å²) in [5.41, 5.74) is 1.38. The lowest BCUT2D eigenvalue weighted by atomic mass is 10.2. The Morgan fingerprint density at radius 2 is 2.14 bits per heavy atom. The summed E-state index contributed by atoms with van der Waals surface area (Å²) in [6.45, 7) is 5.01. The van der Waals surface area contributed by atoms with Crippen LogP contribution in [0, 0.1) is 18.6 Å². The van der Waals surface area contributed by atoms with E-state index in [2.05, 4.69) is 17.3 Å². The van der Waals surface area contributed by atoms with Gasteiger partial charge in [-0.1, -0.05) is 19.4 Å². The molecule has 0 saturated carbocycles. The highest BCUT2D eigenvalue weighted by atomic mass is 19.2. The number of hydrogen-bond donors (Lipinski definition) is 1. The largest absolute Gasteiger partial charge is 0.348 e. The van der Waals surface area contributed by atoms with Crippen LogP contribution in [0.3, 0.4) is 0 Å². The predicted molar refractivity (Wildman–Crippen MR) is 79.4 cm³/mol. The van der Waals surface area contributed by atoms with Gasteiger partial charge in [0.05, 0.1) is 11.3 Å². The lowest BCUT2D eigenvalue weighted by Crippen LogP contribution is -2.24. The lowest BCUT2D eigenvalue weighted by Gasteiger charge is -2.05. The van der Waals surface area contributed by atoms with E-state index in [9.17, 15) is 13.6 Å². The Morgan fingerprint density at radius 3 is 2.86 bits per heavy atom. The van der Waals surface area contributed by atoms with E-state index in [0.717, 1.165) is 36.7 Å². The van der Waals surface area contributed by atoms with Gasteiger partial charge in [-0.15, -0.1) is 0 Å². The Kier molecular flexibility index (Phi) is 5.25. The average molecular weight is 307 g/mol. The minimum Gasteiger partial charge on any atom is -0.348 e. The minimum atomic E-state index is -1.13. The molecule has 1 N–H and O–H groups in total. The number of benzene rings is 1. The van der Waals surface area contributed by atoms with E-state index in [1.807, 2.05) is 17.8 Å². The zero-order valence-electron chi connectivity index (χ0n) is 12.7. The van der Waals surface area contributed by atoms with Crippen LogP contribution in [0.4, 0.5) is 8.78 Å². The van der Waals surface area contributed by atoms with Gasteiger partial charge in [-0.3, -0.25) is 9.48 Å². The van der Waals surface area contributed by atoms with E-state index in [1.54, 1.807) is 0 Å². The molecule has 0 fully saturated rings. The van der Waals surface area contributed by atoms with Crippen molar-refractivity contribution in [3.63, 3.8) is 0 Å². The summed E-state index contributed by atoms with van der Waals surface area (Å²) in [5, 5.41) is 6.96. The fourth-order valence-electron chi connectivity index (χ4n) is 2.12. The Morgan fingerprint density at radius 1 is 1.36 bits per heavy atom. The third kappa shape index (κ3) is 3.69. The molecule has 1 heterocycles. The number of carbonyl (C=O) groups excluding carboxylic acids is 1. The Bertz CT molecular complexity index is 667. The number of hydrogen-bond acceptors (Lipinski definition) is 2. The van der Waals surface area contributed by atoms with Crippen molar-refractivity contribution < 1.29 is 13.6 Å². The van der Waals surface area contributed by atoms with Crippen molar-refractivity contribution in [1.29, 1.82) is 0 Å². The van der Waals surface area contributed by atoms with Crippen molar-refractivity contribution in [2.75, 3.05) is 0 Å². The fraction of sp³-hybridized carbons (Fsp3) is 0.375. The molecule has 0 bridgehead atoms. The van der Waals surface area contributed by atoms with Gasteiger partial charge in [-0.2, -0.15) is 5.10 Å². The first-order valence-corrected chi connectivity index (χ1v) is 7.28. The molecule has 118 valence electrons. The second-order valence-electron chi connectivity index (χ2n) is 5.14. The molecule has 4 nitrogen and oxygen atoms in total. The highest BCUT2D eigenvalue weighted by molar-refractivity contribution is 5.94. The zero-order valence-corrected chi connectivity index (χ0v) is 12.7. The van der Waals surface area contributed by atoms with E-state index in [1.165, 1.54) is 12.1 Å². The third-order valence-corrected chi connectivity index (χ3v) is 3.42. The Labute approximate surface area is 128 Å². The van der Waals surface area contributed by atoms with Gasteiger partial charge in [0.15, 0.2) is 11.6 Å². The van der Waals surface area contributed by atoms with E-state index >= 15 is 0 Å². The minimum absolute atomic E-state index is 0.229. The number of nitrogens with one attached hydrogen (secondary N) is 1. The normalized spacial score (nSPS) is 10.7. The maximum atomic E-state index is 13.5. The second kappa shape index (κ2) is 7.15. The number of aromatic nitrogens is 2. The van der Waals surface area contributed by atoms with Crippen LogP contribution in [-0.2, 0) is 13.1 Å². The topological polar surface area (TPSA) is 46.9 Å². The van der Waals surface area contributed by atoms with Gasteiger partial charge in [-0.25, -0.2) is 8.78 Å². The highest BCUT2D eigenvalue weighted by Gasteiger charge is 2.15. The van der Waals surface area contributed by atoms with Crippen molar-refractivity contribution in [3.8, 4) is 0 Å². The summed E-state index contributed by atoms with van der Waals surface area (Å²) in [6.07, 6.45) is 3.97. The number of carbonyl (C=O) groups is 1. The molecule has 0 atom stereocenters. The quantitative estimate of drug-likeness (QED) is 0.891. The SMILES string of the molecule is CCCCn1cc(CNC(=O)c2cccc(F)c2F)c(C)n1. The number of unbranched alkanes of at least 4 members (excludes halogenated alkanes) is 1. The van der Waals surface area contributed by atoms with Crippen molar-refractivity contribution in [3.05, 3.63) is 52.9 Å². The summed E-state index contributed by atoms with van der Waals surface area (Å²) in [4.78, 5) is 11.9. The monoisotopic (exact) mass is 307 g/mol. The molecular weight excluding hydrogens is 288 g/mol. The first kappa shape index (κ1) is 16.1. The lowest BCUT2D eigenvalue weighted by molar-refractivity contribution is 0.0946. The maximum Gasteiger partial charge on any atom is 0.254 e. The van der Waals surface area contributed by atoms with Crippen molar-refractivity contribution in [2.24, 2.45) is 0 Å². The molecule has 0 radical (unpaired) electrons. The molecule has 0 spiro atoms. The van der Waals surface area contributed by atoms with Crippen LogP contribution < -0.4 is 5.32 Å². The van der Waals surface area contributed by atoms with Gasteiger partial charge in [0.25, 0.3) is 5.91 Å². The van der Waals surface area contributed by atoms with E-state index in [0.29, 0.717) is 0 Å². The molecule has 2 aromatic rings. The molecule has 2 rings (SSSR count). The predicted octanol–water partition coefficient (Wildman–Crippen LogP) is 3.20. The third-order valence-electron chi connectivity index (χ3n) is 3.42. The molecule has 0 aliphatic rings. The Hall–Kier alpha value is -2.24. The van der Waals surface area contributed by atoms with E-state index < -0.39 is 17.5 Å². The van der Waals surface area contributed by atoms with Crippen LogP contribution >= 0.6 is 0 Å². The van der Waals surface area contributed by atoms with Crippen LogP contribution in [0.25, 0.3) is 0 Å². The van der Waals surface area contributed by atoms with E-state index in [-0.39, 0.29) is 12.1 Å². The first-order chi connectivity index (χ1) is 10.5. The molecule has 6 heteroatoms. The number of rotatable bonds is 6. The first-order valence-electron chi connectivity index (χ1n) is 7.28. The molecular formula is C16H19F2N3O. The molecule has 1 amide bonds. The summed E-state index contributed by atoms with van der Waals surface area (Å²) in [6, 6.07) is 3.54. The van der Waals surface area contributed by atoms with Crippen LogP contribution in [0.15, 0.2) is 24.4 Å². The van der Waals surface area contributed by atoms with Crippen LogP contribution in [0.5, 0.6) is 0 Å². The van der Waals surface area contributed by atoms with Gasteiger partial charge in [0, 0.05) is 24.8 Å². The van der Waals surface area contributed by atoms with Gasteiger partial charge < -0.3 is 5.32 Å². The average Bonchev–Trinajstić information content (AvgIpc) is 2.85. The highest BCUT2D eigenvalue weighted by Crippen LogP contribution is 2.12.